The molecular formula is C15H15ClN2O3. The summed E-state index contributed by atoms with van der Waals surface area (Å²) in [7, 11) is 1.68. The zero-order valence-electron chi connectivity index (χ0n) is 11.6. The van der Waals surface area contributed by atoms with E-state index in [-0.39, 0.29) is 0 Å². The molecule has 0 fully saturated rings. The summed E-state index contributed by atoms with van der Waals surface area (Å²) in [6.45, 7) is 2.21. The Morgan fingerprint density at radius 2 is 2.19 bits per heavy atom. The van der Waals surface area contributed by atoms with Crippen molar-refractivity contribution >= 4 is 34.7 Å². The molecule has 0 saturated carbocycles. The lowest BCUT2D eigenvalue weighted by molar-refractivity contribution is -0.112. The van der Waals surface area contributed by atoms with Crippen LogP contribution in [0.3, 0.4) is 0 Å². The fourth-order valence-corrected chi connectivity index (χ4v) is 2.93. The van der Waals surface area contributed by atoms with Crippen molar-refractivity contribution in [3.63, 3.8) is 0 Å². The molecule has 1 amide bonds. The summed E-state index contributed by atoms with van der Waals surface area (Å²) in [5.41, 5.74) is 2.99. The second-order valence-corrected chi connectivity index (χ2v) is 5.53. The zero-order valence-corrected chi connectivity index (χ0v) is 12.4. The predicted octanol–water partition coefficient (Wildman–Crippen LogP) is 2.26. The molecule has 0 unspecified atom stereocenters. The molecule has 0 aliphatic carbocycles. The number of halogens is 1. The number of carbonyl (C=O) groups is 2. The molecule has 1 aromatic rings. The Kier molecular flexibility index (Phi) is 3.69. The number of benzene rings is 1. The average molecular weight is 307 g/mol. The van der Waals surface area contributed by atoms with E-state index < -0.39 is 11.7 Å². The molecule has 110 valence electrons. The lowest BCUT2D eigenvalue weighted by Crippen LogP contribution is -2.29. The number of rotatable bonds is 3. The molecule has 1 aromatic carbocycles. The second-order valence-electron chi connectivity index (χ2n) is 5.12. The molecule has 6 heteroatoms. The largest absolute Gasteiger partial charge is 0.380 e. The highest BCUT2D eigenvalue weighted by atomic mass is 35.5. The van der Waals surface area contributed by atoms with Crippen molar-refractivity contribution in [2.45, 2.75) is 6.42 Å². The lowest BCUT2D eigenvalue weighted by Gasteiger charge is -2.29. The first-order valence-corrected chi connectivity index (χ1v) is 7.09. The Balaban J connectivity index is 1.87. The lowest BCUT2D eigenvalue weighted by atomic mass is 10.1. The summed E-state index contributed by atoms with van der Waals surface area (Å²) in [5, 5.41) is 3.06. The highest BCUT2D eigenvalue weighted by molar-refractivity contribution is 6.52. The Labute approximate surface area is 127 Å². The minimum absolute atomic E-state index is 0.348. The van der Waals surface area contributed by atoms with Gasteiger partial charge in [0.2, 0.25) is 0 Å². The Bertz CT molecular complexity index is 655. The highest BCUT2D eigenvalue weighted by Gasteiger charge is 2.30. The van der Waals surface area contributed by atoms with E-state index in [9.17, 15) is 9.59 Å². The van der Waals surface area contributed by atoms with Crippen molar-refractivity contribution in [2.24, 2.45) is 0 Å². The molecule has 21 heavy (non-hydrogen) atoms. The van der Waals surface area contributed by atoms with E-state index in [0.29, 0.717) is 22.9 Å². The number of methoxy groups -OCH3 is 1. The van der Waals surface area contributed by atoms with Gasteiger partial charge in [-0.3, -0.25) is 9.59 Å². The molecule has 3 rings (SSSR count). The van der Waals surface area contributed by atoms with Gasteiger partial charge in [0.15, 0.2) is 0 Å². The molecule has 0 atom stereocenters. The number of hydrogen-bond donors (Lipinski definition) is 1. The van der Waals surface area contributed by atoms with Crippen LogP contribution in [-0.2, 0) is 9.53 Å². The molecule has 2 aliphatic rings. The number of ketones is 1. The number of Topliss-reactive ketones (excluding diaryl/α,β-unsaturated/α-hetero) is 1. The molecule has 0 spiro atoms. The summed E-state index contributed by atoms with van der Waals surface area (Å²) in [6.07, 6.45) is 3.03. The highest BCUT2D eigenvalue weighted by Crippen LogP contribution is 2.36. The topological polar surface area (TPSA) is 58.6 Å². The second kappa shape index (κ2) is 5.50. The normalized spacial score (nSPS) is 17.6. The standard InChI is InChI=1S/C15H15ClN2O3/c1-21-8-9-2-4-18(5-3-9)13-7-12-10(6-11(13)16)14(19)15(20)17-12/h2,6-7H,3-5,8H2,1H3,(H,17,19,20). The van der Waals surface area contributed by atoms with Crippen molar-refractivity contribution < 1.29 is 14.3 Å². The van der Waals surface area contributed by atoms with Crippen LogP contribution in [0, 0.1) is 0 Å². The van der Waals surface area contributed by atoms with Crippen LogP contribution in [0.5, 0.6) is 0 Å². The maximum Gasteiger partial charge on any atom is 0.296 e. The van der Waals surface area contributed by atoms with Gasteiger partial charge in [-0.05, 0) is 24.1 Å². The summed E-state index contributed by atoms with van der Waals surface area (Å²) in [5.74, 6) is -1.13. The molecule has 1 N–H and O–H groups in total. The Hall–Kier alpha value is -1.85. The number of ether oxygens (including phenoxy) is 1. The van der Waals surface area contributed by atoms with Crippen LogP contribution in [0.15, 0.2) is 23.8 Å². The van der Waals surface area contributed by atoms with Crippen molar-refractivity contribution in [3.05, 3.63) is 34.4 Å². The minimum Gasteiger partial charge on any atom is -0.380 e. The van der Waals surface area contributed by atoms with Crippen molar-refractivity contribution in [1.29, 1.82) is 0 Å². The molecule has 0 aromatic heterocycles. The fraction of sp³-hybridized carbons (Fsp3) is 0.333. The van der Waals surface area contributed by atoms with Gasteiger partial charge < -0.3 is 15.0 Å². The Morgan fingerprint density at radius 3 is 2.86 bits per heavy atom. The van der Waals surface area contributed by atoms with Crippen LogP contribution in [0.2, 0.25) is 5.02 Å². The van der Waals surface area contributed by atoms with Crippen molar-refractivity contribution in [3.8, 4) is 0 Å². The third-order valence-electron chi connectivity index (χ3n) is 3.76. The third-order valence-corrected chi connectivity index (χ3v) is 4.06. The van der Waals surface area contributed by atoms with Gasteiger partial charge in [-0.2, -0.15) is 0 Å². The van der Waals surface area contributed by atoms with E-state index in [1.54, 1.807) is 19.2 Å². The third kappa shape index (κ3) is 2.54. The van der Waals surface area contributed by atoms with Crippen LogP contribution in [0.4, 0.5) is 11.4 Å². The first kappa shape index (κ1) is 14.1. The number of carbonyl (C=O) groups excluding carboxylic acids is 2. The van der Waals surface area contributed by atoms with Gasteiger partial charge in [0.05, 0.1) is 28.6 Å². The first-order valence-electron chi connectivity index (χ1n) is 6.71. The monoisotopic (exact) mass is 306 g/mol. The van der Waals surface area contributed by atoms with Gasteiger partial charge in [-0.25, -0.2) is 0 Å². The van der Waals surface area contributed by atoms with Gasteiger partial charge in [0, 0.05) is 20.2 Å². The zero-order chi connectivity index (χ0) is 15.0. The average Bonchev–Trinajstić information content (AvgIpc) is 2.75. The summed E-state index contributed by atoms with van der Waals surface area (Å²) in [4.78, 5) is 25.2. The summed E-state index contributed by atoms with van der Waals surface area (Å²) in [6, 6.07) is 3.34. The van der Waals surface area contributed by atoms with E-state index in [0.717, 1.165) is 25.2 Å². The van der Waals surface area contributed by atoms with Crippen LogP contribution in [0.1, 0.15) is 16.8 Å². The number of nitrogens with zero attached hydrogens (tertiary/aromatic N) is 1. The smallest absolute Gasteiger partial charge is 0.296 e. The van der Waals surface area contributed by atoms with E-state index in [2.05, 4.69) is 16.3 Å². The molecule has 2 heterocycles. The maximum atomic E-state index is 11.6. The van der Waals surface area contributed by atoms with Gasteiger partial charge in [0.25, 0.3) is 11.7 Å². The Morgan fingerprint density at radius 1 is 1.38 bits per heavy atom. The van der Waals surface area contributed by atoms with Crippen molar-refractivity contribution in [1.82, 2.24) is 0 Å². The predicted molar refractivity (Wildman–Crippen MR) is 81.2 cm³/mol. The van der Waals surface area contributed by atoms with E-state index >= 15 is 0 Å². The minimum atomic E-state index is -0.598. The van der Waals surface area contributed by atoms with Crippen LogP contribution < -0.4 is 10.2 Å². The summed E-state index contributed by atoms with van der Waals surface area (Å²) >= 11 is 6.27. The molecule has 0 saturated heterocycles. The number of nitrogens with one attached hydrogen (secondary N) is 1. The van der Waals surface area contributed by atoms with Crippen LogP contribution in [0.25, 0.3) is 0 Å². The number of amides is 1. The molecule has 5 nitrogen and oxygen atoms in total. The van der Waals surface area contributed by atoms with E-state index in [1.807, 2.05) is 0 Å². The van der Waals surface area contributed by atoms with Gasteiger partial charge in [-0.1, -0.05) is 17.7 Å². The SMILES string of the molecule is COCC1=CCN(c2cc3c(cc2Cl)C(=O)C(=O)N3)CC1. The maximum absolute atomic E-state index is 11.6. The fourth-order valence-electron chi connectivity index (χ4n) is 2.64. The van der Waals surface area contributed by atoms with Gasteiger partial charge in [-0.15, -0.1) is 0 Å². The molecule has 2 aliphatic heterocycles. The summed E-state index contributed by atoms with van der Waals surface area (Å²) < 4.78 is 5.13. The van der Waals surface area contributed by atoms with Crippen LogP contribution >= 0.6 is 11.6 Å². The van der Waals surface area contributed by atoms with E-state index in [4.69, 9.17) is 16.3 Å². The first-order chi connectivity index (χ1) is 10.1. The molecular weight excluding hydrogens is 292 g/mol. The van der Waals surface area contributed by atoms with Gasteiger partial charge >= 0.3 is 0 Å². The van der Waals surface area contributed by atoms with E-state index in [1.165, 1.54) is 5.57 Å². The van der Waals surface area contributed by atoms with Crippen LogP contribution in [-0.4, -0.2) is 38.5 Å². The quantitative estimate of drug-likeness (QED) is 0.687. The number of anilines is 2. The molecule has 0 bridgehead atoms. The number of hydrogen-bond acceptors (Lipinski definition) is 4. The molecule has 0 radical (unpaired) electrons. The van der Waals surface area contributed by atoms with Gasteiger partial charge in [0.1, 0.15) is 0 Å². The number of fused-ring (bicyclic) bond motifs is 1. The van der Waals surface area contributed by atoms with Crippen molar-refractivity contribution in [2.75, 3.05) is 37.0 Å².